The number of imide groups is 1. The number of anilines is 1. The van der Waals surface area contributed by atoms with Crippen LogP contribution in [0.5, 0.6) is 0 Å². The van der Waals surface area contributed by atoms with Gasteiger partial charge in [0.1, 0.15) is 0 Å². The fourth-order valence-corrected chi connectivity index (χ4v) is 3.32. The van der Waals surface area contributed by atoms with E-state index in [1.807, 2.05) is 0 Å². The summed E-state index contributed by atoms with van der Waals surface area (Å²) in [5.41, 5.74) is -0.410. The zero-order chi connectivity index (χ0) is 17.0. The van der Waals surface area contributed by atoms with Crippen LogP contribution in [0.4, 0.5) is 5.95 Å². The summed E-state index contributed by atoms with van der Waals surface area (Å²) in [5.74, 6) is -2.05. The van der Waals surface area contributed by atoms with Gasteiger partial charge in [0.15, 0.2) is 0 Å². The van der Waals surface area contributed by atoms with E-state index < -0.39 is 11.8 Å². The molecule has 0 N–H and O–H groups in total. The molecule has 0 atom stereocenters. The summed E-state index contributed by atoms with van der Waals surface area (Å²) in [6, 6.07) is 0. The average molecular weight is 433 g/mol. The molecule has 0 aliphatic carbocycles. The van der Waals surface area contributed by atoms with Crippen LogP contribution >= 0.6 is 69.6 Å². The topological polar surface area (TPSA) is 76.1 Å². The van der Waals surface area contributed by atoms with Crippen molar-refractivity contribution in [1.29, 1.82) is 0 Å². The van der Waals surface area contributed by atoms with Gasteiger partial charge in [0, 0.05) is 0 Å². The lowest BCUT2D eigenvalue weighted by molar-refractivity contribution is 0.0924. The van der Waals surface area contributed by atoms with Gasteiger partial charge in [-0.2, -0.15) is 15.0 Å². The number of hydrogen-bond donors (Lipinski definition) is 0. The smallest absolute Gasteiger partial charge is 0.268 e. The fourth-order valence-electron chi connectivity index (χ4n) is 1.95. The number of hydrogen-bond acceptors (Lipinski definition) is 5. The van der Waals surface area contributed by atoms with E-state index in [9.17, 15) is 9.59 Å². The normalized spacial score (nSPS) is 13.7. The highest BCUT2D eigenvalue weighted by atomic mass is 35.5. The first-order valence-electron chi connectivity index (χ1n) is 5.55. The molecule has 2 amide bonds. The summed E-state index contributed by atoms with van der Waals surface area (Å²) in [7, 11) is 0. The Morgan fingerprint density at radius 2 is 1.00 bits per heavy atom. The van der Waals surface area contributed by atoms with E-state index in [2.05, 4.69) is 15.0 Å². The van der Waals surface area contributed by atoms with Crippen molar-refractivity contribution < 1.29 is 9.59 Å². The van der Waals surface area contributed by atoms with Crippen LogP contribution in [-0.2, 0) is 0 Å². The van der Waals surface area contributed by atoms with Crippen LogP contribution in [-0.4, -0.2) is 26.8 Å². The van der Waals surface area contributed by atoms with Gasteiger partial charge in [-0.15, -0.1) is 0 Å². The van der Waals surface area contributed by atoms with Gasteiger partial charge >= 0.3 is 0 Å². The first kappa shape index (κ1) is 17.0. The second-order valence-corrected chi connectivity index (χ2v) is 6.31. The first-order chi connectivity index (χ1) is 10.7. The van der Waals surface area contributed by atoms with Gasteiger partial charge in [0.25, 0.3) is 11.8 Å². The number of aromatic nitrogens is 3. The Kier molecular flexibility index (Phi) is 4.33. The summed E-state index contributed by atoms with van der Waals surface area (Å²) >= 11 is 35.2. The maximum atomic E-state index is 12.5. The molecule has 2 aromatic rings. The van der Waals surface area contributed by atoms with E-state index in [0.29, 0.717) is 4.90 Å². The molecule has 0 bridgehead atoms. The number of halogens is 6. The van der Waals surface area contributed by atoms with Crippen LogP contribution in [0, 0.1) is 0 Å². The molecule has 0 saturated carbocycles. The van der Waals surface area contributed by atoms with E-state index in [-0.39, 0.29) is 47.7 Å². The van der Waals surface area contributed by atoms with Crippen LogP contribution in [0.15, 0.2) is 0 Å². The Morgan fingerprint density at radius 3 is 1.39 bits per heavy atom. The molecule has 118 valence electrons. The van der Waals surface area contributed by atoms with Crippen molar-refractivity contribution in [3.8, 4) is 0 Å². The summed E-state index contributed by atoms with van der Waals surface area (Å²) in [5, 5.41) is -1.31. The third kappa shape index (κ3) is 2.54. The number of carbonyl (C=O) groups excluding carboxylic acids is 2. The Hall–Kier alpha value is -0.890. The summed E-state index contributed by atoms with van der Waals surface area (Å²) < 4.78 is 0. The number of nitrogens with zero attached hydrogens (tertiary/aromatic N) is 4. The molecule has 2 heterocycles. The van der Waals surface area contributed by atoms with E-state index in [1.54, 1.807) is 0 Å². The number of amides is 2. The van der Waals surface area contributed by atoms with Crippen LogP contribution in [0.25, 0.3) is 0 Å². The van der Waals surface area contributed by atoms with Crippen molar-refractivity contribution in [3.63, 3.8) is 0 Å². The van der Waals surface area contributed by atoms with Crippen LogP contribution in [0.1, 0.15) is 20.7 Å². The SMILES string of the molecule is O=C1c2c(Cl)c(Cl)c(Cl)c(Cl)c2C(=O)N1c1nc(Cl)nc(Cl)n1. The molecule has 1 aromatic heterocycles. The summed E-state index contributed by atoms with van der Waals surface area (Å²) in [6.45, 7) is 0. The second kappa shape index (κ2) is 5.88. The Bertz CT molecular complexity index is 836. The van der Waals surface area contributed by atoms with Crippen molar-refractivity contribution in [2.24, 2.45) is 0 Å². The zero-order valence-electron chi connectivity index (χ0n) is 10.4. The standard InChI is InChI=1S/C11Cl6N4O2/c12-3-1-2(4(13)6(15)5(3)14)8(23)21(7(1)22)11-19-9(16)18-10(17)20-11. The molecule has 0 saturated heterocycles. The zero-order valence-corrected chi connectivity index (χ0v) is 14.9. The lowest BCUT2D eigenvalue weighted by Gasteiger charge is -2.11. The third-order valence-electron chi connectivity index (χ3n) is 2.87. The number of rotatable bonds is 1. The van der Waals surface area contributed by atoms with E-state index >= 15 is 0 Å². The minimum atomic E-state index is -0.839. The fraction of sp³-hybridized carbons (Fsp3) is 0. The van der Waals surface area contributed by atoms with Crippen LogP contribution in [0.2, 0.25) is 30.7 Å². The monoisotopic (exact) mass is 430 g/mol. The van der Waals surface area contributed by atoms with Gasteiger partial charge in [0.05, 0.1) is 31.2 Å². The largest absolute Gasteiger partial charge is 0.270 e. The highest BCUT2D eigenvalue weighted by Crippen LogP contribution is 2.45. The molecule has 3 rings (SSSR count). The van der Waals surface area contributed by atoms with E-state index in [4.69, 9.17) is 69.6 Å². The summed E-state index contributed by atoms with van der Waals surface area (Å²) in [4.78, 5) is 36.6. The molecule has 0 spiro atoms. The van der Waals surface area contributed by atoms with Crippen LogP contribution < -0.4 is 4.90 Å². The quantitative estimate of drug-likeness (QED) is 0.374. The molecule has 0 fully saturated rings. The lowest BCUT2D eigenvalue weighted by atomic mass is 10.1. The van der Waals surface area contributed by atoms with Crippen molar-refractivity contribution in [2.45, 2.75) is 0 Å². The van der Waals surface area contributed by atoms with E-state index in [0.717, 1.165) is 0 Å². The average Bonchev–Trinajstić information content (AvgIpc) is 2.73. The predicted molar refractivity (Wildman–Crippen MR) is 87.5 cm³/mol. The number of fused-ring (bicyclic) bond motifs is 1. The number of carbonyl (C=O) groups is 2. The highest BCUT2D eigenvalue weighted by Gasteiger charge is 2.44. The molecule has 0 unspecified atom stereocenters. The molecular weight excluding hydrogens is 433 g/mol. The van der Waals surface area contributed by atoms with Crippen molar-refractivity contribution in [2.75, 3.05) is 4.90 Å². The van der Waals surface area contributed by atoms with E-state index in [1.165, 1.54) is 0 Å². The molecule has 0 radical (unpaired) electrons. The predicted octanol–water partition coefficient (Wildman–Crippen LogP) is 4.59. The van der Waals surface area contributed by atoms with Gasteiger partial charge in [0.2, 0.25) is 16.5 Å². The molecule has 1 aliphatic heterocycles. The third-order valence-corrected chi connectivity index (χ3v) is 5.01. The van der Waals surface area contributed by atoms with Crippen molar-refractivity contribution >= 4 is 87.4 Å². The Balaban J connectivity index is 2.26. The maximum Gasteiger partial charge on any atom is 0.270 e. The number of benzene rings is 1. The molecular formula is C11Cl6N4O2. The molecule has 12 heteroatoms. The molecule has 23 heavy (non-hydrogen) atoms. The van der Waals surface area contributed by atoms with Gasteiger partial charge in [-0.05, 0) is 23.2 Å². The van der Waals surface area contributed by atoms with Crippen LogP contribution in [0.3, 0.4) is 0 Å². The Morgan fingerprint density at radius 1 is 0.609 bits per heavy atom. The highest BCUT2D eigenvalue weighted by molar-refractivity contribution is 6.56. The molecule has 1 aromatic carbocycles. The van der Waals surface area contributed by atoms with Gasteiger partial charge < -0.3 is 0 Å². The van der Waals surface area contributed by atoms with Crippen molar-refractivity contribution in [3.05, 3.63) is 41.8 Å². The summed E-state index contributed by atoms with van der Waals surface area (Å²) in [6.07, 6.45) is 0. The second-order valence-electron chi connectivity index (χ2n) is 4.13. The maximum absolute atomic E-state index is 12.5. The lowest BCUT2D eigenvalue weighted by Crippen LogP contribution is -2.31. The molecule has 1 aliphatic rings. The van der Waals surface area contributed by atoms with Gasteiger partial charge in [-0.25, -0.2) is 4.90 Å². The minimum Gasteiger partial charge on any atom is -0.268 e. The van der Waals surface area contributed by atoms with Gasteiger partial charge in [-0.1, -0.05) is 46.4 Å². The Labute approximate surface area is 158 Å². The minimum absolute atomic E-state index is 0.146. The van der Waals surface area contributed by atoms with Gasteiger partial charge in [-0.3, -0.25) is 9.59 Å². The molecule has 6 nitrogen and oxygen atoms in total. The first-order valence-corrected chi connectivity index (χ1v) is 7.82. The van der Waals surface area contributed by atoms with Crippen molar-refractivity contribution in [1.82, 2.24) is 15.0 Å².